The zero-order valence-electron chi connectivity index (χ0n) is 35.1. The van der Waals surface area contributed by atoms with Crippen molar-refractivity contribution in [2.75, 3.05) is 0 Å². The minimum atomic E-state index is -0.151. The van der Waals surface area contributed by atoms with Gasteiger partial charge in [-0.15, -0.1) is 22.8 Å². The fourth-order valence-electron chi connectivity index (χ4n) is 11.8. The van der Waals surface area contributed by atoms with Gasteiger partial charge in [-0.25, -0.2) is 0 Å². The monoisotopic (exact) mass is 916 g/mol. The zero-order chi connectivity index (χ0) is 41.9. The van der Waals surface area contributed by atoms with Crippen LogP contribution in [0.25, 0.3) is 66.1 Å². The van der Waals surface area contributed by atoms with Crippen molar-refractivity contribution >= 4 is 66.1 Å². The van der Waals surface area contributed by atoms with Crippen LogP contribution >= 0.6 is 0 Å². The van der Waals surface area contributed by atoms with Crippen LogP contribution in [0.5, 0.6) is 0 Å². The van der Waals surface area contributed by atoms with Gasteiger partial charge < -0.3 is 9.97 Å². The molecular formula is C62H38N2Pd. The van der Waals surface area contributed by atoms with Gasteiger partial charge in [0.05, 0.1) is 0 Å². The van der Waals surface area contributed by atoms with Gasteiger partial charge in [0.15, 0.2) is 0 Å². The van der Waals surface area contributed by atoms with Crippen LogP contribution in [-0.4, -0.2) is 0 Å². The Balaban J connectivity index is 0.00000423. The summed E-state index contributed by atoms with van der Waals surface area (Å²) < 4.78 is 0. The predicted octanol–water partition coefficient (Wildman–Crippen LogP) is 14.3. The van der Waals surface area contributed by atoms with Crippen LogP contribution < -0.4 is 9.97 Å². The van der Waals surface area contributed by atoms with Crippen molar-refractivity contribution in [3.8, 4) is 0 Å². The Morgan fingerprint density at radius 2 is 0.431 bits per heavy atom. The van der Waals surface area contributed by atoms with Gasteiger partial charge in [-0.1, -0.05) is 218 Å². The average molecular weight is 917 g/mol. The Hall–Kier alpha value is -7.54. The summed E-state index contributed by atoms with van der Waals surface area (Å²) >= 11 is 0. The molecule has 0 radical (unpaired) electrons. The van der Waals surface area contributed by atoms with Crippen molar-refractivity contribution in [2.24, 2.45) is 11.8 Å². The van der Waals surface area contributed by atoms with Crippen molar-refractivity contribution in [3.63, 3.8) is 0 Å². The van der Waals surface area contributed by atoms with Crippen molar-refractivity contribution in [2.45, 2.75) is 0 Å². The quantitative estimate of drug-likeness (QED) is 0.165. The van der Waals surface area contributed by atoms with Gasteiger partial charge in [0.1, 0.15) is 0 Å². The Morgan fingerprint density at radius 3 is 0.662 bits per heavy atom. The molecule has 0 amide bonds. The van der Waals surface area contributed by atoms with Crippen LogP contribution in [0.4, 0.5) is 0 Å². The van der Waals surface area contributed by atoms with Gasteiger partial charge in [0.25, 0.3) is 0 Å². The molecule has 14 rings (SSSR count). The maximum atomic E-state index is 5.98. The third-order valence-electron chi connectivity index (χ3n) is 14.2. The first kappa shape index (κ1) is 38.0. The summed E-state index contributed by atoms with van der Waals surface area (Å²) in [5.41, 5.74) is 23.8. The SMILES string of the molecule is [Pd+2].c1ccc(/C2=C3\c4ccccc4/C4=C(\c5ccccc5)c5[n-]c(c6ccccc56)/C(c5ccccc5)=C5/c6ccccc6/C(=C(\c6ccccc6)c6[n-]c2c2ccccc62)C5C34)cc1. The number of fused-ring (bicyclic) bond motifs is 6. The van der Waals surface area contributed by atoms with Crippen molar-refractivity contribution < 1.29 is 20.4 Å². The van der Waals surface area contributed by atoms with Crippen LogP contribution in [0.15, 0.2) is 218 Å². The molecule has 4 bridgehead atoms. The predicted molar refractivity (Wildman–Crippen MR) is 264 cm³/mol. The Labute approximate surface area is 391 Å². The maximum Gasteiger partial charge on any atom is 2.00 e. The van der Waals surface area contributed by atoms with E-state index in [4.69, 9.17) is 9.97 Å². The van der Waals surface area contributed by atoms with Crippen LogP contribution in [0.2, 0.25) is 0 Å². The van der Waals surface area contributed by atoms with E-state index < -0.39 is 0 Å². The molecule has 2 heterocycles. The van der Waals surface area contributed by atoms with Crippen molar-refractivity contribution in [1.82, 2.24) is 9.97 Å². The summed E-state index contributed by atoms with van der Waals surface area (Å²) in [6.07, 6.45) is 0. The van der Waals surface area contributed by atoms with E-state index in [9.17, 15) is 0 Å². The van der Waals surface area contributed by atoms with Crippen molar-refractivity contribution in [1.29, 1.82) is 0 Å². The fourth-order valence-corrected chi connectivity index (χ4v) is 11.8. The molecule has 4 aliphatic rings. The second-order valence-electron chi connectivity index (χ2n) is 17.4. The zero-order valence-corrected chi connectivity index (χ0v) is 36.7. The van der Waals surface area contributed by atoms with Gasteiger partial charge >= 0.3 is 20.4 Å². The van der Waals surface area contributed by atoms with E-state index in [1.807, 2.05) is 0 Å². The molecule has 0 unspecified atom stereocenters. The molecule has 65 heavy (non-hydrogen) atoms. The molecule has 0 fully saturated rings. The molecule has 0 spiro atoms. The smallest absolute Gasteiger partial charge is 0.656 e. The molecular weight excluding hydrogens is 879 g/mol. The molecule has 10 aromatic rings. The Bertz CT molecular complexity index is 3210. The second-order valence-corrected chi connectivity index (χ2v) is 17.4. The maximum absolute atomic E-state index is 5.98. The van der Waals surface area contributed by atoms with E-state index in [1.54, 1.807) is 0 Å². The van der Waals surface area contributed by atoms with Gasteiger partial charge in [-0.2, -0.15) is 0 Å². The van der Waals surface area contributed by atoms with Crippen LogP contribution in [0.1, 0.15) is 67.3 Å². The van der Waals surface area contributed by atoms with Crippen molar-refractivity contribution in [3.05, 3.63) is 286 Å². The first-order valence-electron chi connectivity index (χ1n) is 22.3. The molecule has 0 saturated heterocycles. The first-order valence-corrected chi connectivity index (χ1v) is 22.3. The summed E-state index contributed by atoms with van der Waals surface area (Å²) in [5.74, 6) is -0.301. The van der Waals surface area contributed by atoms with Gasteiger partial charge in [0.2, 0.25) is 0 Å². The number of rotatable bonds is 4. The van der Waals surface area contributed by atoms with E-state index in [0.29, 0.717) is 0 Å². The Morgan fingerprint density at radius 1 is 0.231 bits per heavy atom. The molecule has 0 aliphatic heterocycles. The van der Waals surface area contributed by atoms with Crippen LogP contribution in [0.3, 0.4) is 0 Å². The Kier molecular flexibility index (Phi) is 8.62. The molecule has 0 saturated carbocycles. The summed E-state index contributed by atoms with van der Waals surface area (Å²) in [6, 6.07) is 80.6. The van der Waals surface area contributed by atoms with E-state index in [-0.39, 0.29) is 32.3 Å². The number of hydrogen-bond acceptors (Lipinski definition) is 0. The molecule has 306 valence electrons. The number of hydrogen-bond donors (Lipinski definition) is 0. The van der Waals surface area contributed by atoms with Gasteiger partial charge in [0, 0.05) is 11.8 Å². The standard InChI is InChI=1S/C62H38N2.Pd/c1-5-21-37(22-6-1)49-53-41-29-13-14-30-42(41)54-50(38-23-7-2-8-24-38)61-47-35-19-20-36-48(47)62(64-61)52(40-27-11-4-12-28-40)56-44-32-16-15-31-43(44)55(58(56)57(53)54)51(39-25-9-3-10-26-39)60-46-34-18-17-33-45(46)59(49)63-60;/h1-36,57-58H;/q-2;+2/b53-49-,54-50-,55-51-,56-52-,59-49?,60-51?,61-50?,62-52?;. The molecule has 2 aromatic heterocycles. The number of nitrogens with zero attached hydrogens (tertiary/aromatic N) is 2. The third kappa shape index (κ3) is 5.38. The minimum Gasteiger partial charge on any atom is -0.656 e. The van der Waals surface area contributed by atoms with Crippen LogP contribution in [-0.2, 0) is 20.4 Å². The number of aromatic nitrogens is 2. The van der Waals surface area contributed by atoms with Gasteiger partial charge in [-0.05, 0) is 111 Å². The molecule has 4 aliphatic carbocycles. The number of allylic oxidation sites excluding steroid dienone is 4. The summed E-state index contributed by atoms with van der Waals surface area (Å²) in [5, 5.41) is 4.66. The van der Waals surface area contributed by atoms with Gasteiger partial charge in [-0.3, -0.25) is 0 Å². The minimum absolute atomic E-state index is 0. The topological polar surface area (TPSA) is 28.2 Å². The largest absolute Gasteiger partial charge is 2.00 e. The normalized spacial score (nSPS) is 21.3. The second kappa shape index (κ2) is 14.8. The van der Waals surface area contributed by atoms with E-state index in [1.165, 1.54) is 66.8 Å². The van der Waals surface area contributed by atoms with E-state index >= 15 is 0 Å². The third-order valence-corrected chi connectivity index (χ3v) is 14.2. The molecule has 8 aromatic carbocycles. The molecule has 2 nitrogen and oxygen atoms in total. The number of benzene rings is 8. The molecule has 3 heteroatoms. The van der Waals surface area contributed by atoms with Crippen LogP contribution in [0, 0.1) is 11.8 Å². The summed E-state index contributed by atoms with van der Waals surface area (Å²) in [7, 11) is 0. The molecule has 0 N–H and O–H groups in total. The summed E-state index contributed by atoms with van der Waals surface area (Å²) in [6.45, 7) is 0. The molecule has 0 atom stereocenters. The van der Waals surface area contributed by atoms with E-state index in [2.05, 4.69) is 218 Å². The fraction of sp³-hybridized carbons (Fsp3) is 0.0323. The average Bonchev–Trinajstić information content (AvgIpc) is 4.12. The summed E-state index contributed by atoms with van der Waals surface area (Å²) in [4.78, 5) is 12.0. The van der Waals surface area contributed by atoms with E-state index in [0.717, 1.165) is 66.6 Å². The first-order chi connectivity index (χ1) is 31.8.